The molecule has 4 nitrogen and oxygen atoms in total. The molecule has 2 aliphatic rings. The lowest BCUT2D eigenvalue weighted by atomic mass is 10.2. The molecule has 0 bridgehead atoms. The molecular weight excluding hydrogens is 318 g/mol. The SMILES string of the molecule is Cc1cc(C(=O)N2CCN(Cc3ccsc3)CC2)c(C)n1C1CC1. The highest BCUT2D eigenvalue weighted by Gasteiger charge is 2.30. The Hall–Kier alpha value is -1.59. The number of aromatic nitrogens is 1. The maximum Gasteiger partial charge on any atom is 0.255 e. The van der Waals surface area contributed by atoms with Gasteiger partial charge in [-0.15, -0.1) is 0 Å². The minimum absolute atomic E-state index is 0.213. The van der Waals surface area contributed by atoms with E-state index >= 15 is 0 Å². The van der Waals surface area contributed by atoms with Crippen LogP contribution in [0.25, 0.3) is 0 Å². The van der Waals surface area contributed by atoms with E-state index in [9.17, 15) is 4.79 Å². The molecule has 0 unspecified atom stereocenters. The molecule has 1 saturated heterocycles. The Balaban J connectivity index is 1.40. The van der Waals surface area contributed by atoms with Gasteiger partial charge in [0.2, 0.25) is 0 Å². The van der Waals surface area contributed by atoms with Gasteiger partial charge in [-0.05, 0) is 55.1 Å². The number of amides is 1. The van der Waals surface area contributed by atoms with Crippen LogP contribution in [0.5, 0.6) is 0 Å². The summed E-state index contributed by atoms with van der Waals surface area (Å²) in [5.74, 6) is 0.213. The first-order chi connectivity index (χ1) is 11.6. The number of nitrogens with zero attached hydrogens (tertiary/aromatic N) is 3. The molecule has 0 atom stereocenters. The van der Waals surface area contributed by atoms with E-state index in [1.54, 1.807) is 11.3 Å². The smallest absolute Gasteiger partial charge is 0.255 e. The van der Waals surface area contributed by atoms with Crippen LogP contribution in [0.3, 0.4) is 0 Å². The third kappa shape index (κ3) is 3.03. The molecule has 2 aromatic heterocycles. The van der Waals surface area contributed by atoms with Gasteiger partial charge in [-0.3, -0.25) is 9.69 Å². The van der Waals surface area contributed by atoms with Crippen LogP contribution < -0.4 is 0 Å². The Labute approximate surface area is 147 Å². The third-order valence-electron chi connectivity index (χ3n) is 5.27. The second-order valence-electron chi connectivity index (χ2n) is 7.09. The van der Waals surface area contributed by atoms with Gasteiger partial charge in [0.1, 0.15) is 0 Å². The van der Waals surface area contributed by atoms with Crippen molar-refractivity contribution in [3.63, 3.8) is 0 Å². The fourth-order valence-corrected chi connectivity index (χ4v) is 4.47. The molecule has 1 aliphatic heterocycles. The zero-order valence-electron chi connectivity index (χ0n) is 14.5. The molecule has 4 rings (SSSR count). The number of piperazine rings is 1. The van der Waals surface area contributed by atoms with Crippen LogP contribution in [0.1, 0.15) is 46.2 Å². The fourth-order valence-electron chi connectivity index (χ4n) is 3.81. The molecular formula is C19H25N3OS. The van der Waals surface area contributed by atoms with E-state index < -0.39 is 0 Å². The van der Waals surface area contributed by atoms with Gasteiger partial charge in [0, 0.05) is 50.2 Å². The second-order valence-corrected chi connectivity index (χ2v) is 7.87. The normalized spacial score (nSPS) is 19.0. The summed E-state index contributed by atoms with van der Waals surface area (Å²) in [4.78, 5) is 17.4. The van der Waals surface area contributed by atoms with Gasteiger partial charge < -0.3 is 9.47 Å². The predicted molar refractivity (Wildman–Crippen MR) is 97.7 cm³/mol. The van der Waals surface area contributed by atoms with Crippen molar-refractivity contribution in [2.45, 2.75) is 39.3 Å². The fraction of sp³-hybridized carbons (Fsp3) is 0.526. The number of hydrogen-bond donors (Lipinski definition) is 0. The van der Waals surface area contributed by atoms with Crippen molar-refractivity contribution < 1.29 is 4.79 Å². The number of aryl methyl sites for hydroxylation is 1. The standard InChI is InChI=1S/C19H25N3OS/c1-14-11-18(15(2)22(14)17-3-4-17)19(23)21-8-6-20(7-9-21)12-16-5-10-24-13-16/h5,10-11,13,17H,3-4,6-9,12H2,1-2H3. The van der Waals surface area contributed by atoms with Gasteiger partial charge in [-0.2, -0.15) is 11.3 Å². The maximum absolute atomic E-state index is 12.9. The quantitative estimate of drug-likeness (QED) is 0.850. The summed E-state index contributed by atoms with van der Waals surface area (Å²) < 4.78 is 2.36. The summed E-state index contributed by atoms with van der Waals surface area (Å²) >= 11 is 1.75. The Kier molecular flexibility index (Phi) is 4.22. The number of rotatable bonds is 4. The molecule has 2 fully saturated rings. The van der Waals surface area contributed by atoms with Crippen LogP contribution in [-0.2, 0) is 6.54 Å². The zero-order valence-corrected chi connectivity index (χ0v) is 15.3. The molecule has 0 spiro atoms. The Morgan fingerprint density at radius 3 is 2.58 bits per heavy atom. The number of carbonyl (C=O) groups excluding carboxylic acids is 1. The summed E-state index contributed by atoms with van der Waals surface area (Å²) in [5.41, 5.74) is 4.67. The van der Waals surface area contributed by atoms with E-state index in [-0.39, 0.29) is 5.91 Å². The second kappa shape index (κ2) is 6.37. The van der Waals surface area contributed by atoms with E-state index in [2.05, 4.69) is 46.2 Å². The van der Waals surface area contributed by atoms with E-state index in [1.807, 2.05) is 4.90 Å². The van der Waals surface area contributed by atoms with Gasteiger partial charge in [0.15, 0.2) is 0 Å². The van der Waals surface area contributed by atoms with Crippen LogP contribution in [0, 0.1) is 13.8 Å². The van der Waals surface area contributed by atoms with Gasteiger partial charge in [-0.1, -0.05) is 0 Å². The molecule has 0 radical (unpaired) electrons. The molecule has 2 aromatic rings. The number of hydrogen-bond acceptors (Lipinski definition) is 3. The van der Waals surface area contributed by atoms with E-state index in [0.29, 0.717) is 6.04 Å². The summed E-state index contributed by atoms with van der Waals surface area (Å²) in [6.07, 6.45) is 2.51. The van der Waals surface area contributed by atoms with Crippen molar-refractivity contribution in [1.29, 1.82) is 0 Å². The molecule has 1 amide bonds. The first kappa shape index (κ1) is 15.9. The minimum Gasteiger partial charge on any atom is -0.345 e. The molecule has 5 heteroatoms. The van der Waals surface area contributed by atoms with Gasteiger partial charge >= 0.3 is 0 Å². The largest absolute Gasteiger partial charge is 0.345 e. The lowest BCUT2D eigenvalue weighted by Gasteiger charge is -2.34. The lowest BCUT2D eigenvalue weighted by Crippen LogP contribution is -2.48. The van der Waals surface area contributed by atoms with Crippen molar-refractivity contribution >= 4 is 17.2 Å². The van der Waals surface area contributed by atoms with Crippen molar-refractivity contribution in [2.24, 2.45) is 0 Å². The summed E-state index contributed by atoms with van der Waals surface area (Å²) in [5, 5.41) is 4.34. The molecule has 128 valence electrons. The van der Waals surface area contributed by atoms with E-state index in [1.165, 1.54) is 24.1 Å². The third-order valence-corrected chi connectivity index (χ3v) is 6.00. The van der Waals surface area contributed by atoms with E-state index in [4.69, 9.17) is 0 Å². The molecule has 24 heavy (non-hydrogen) atoms. The highest BCUT2D eigenvalue weighted by molar-refractivity contribution is 7.07. The number of carbonyl (C=O) groups is 1. The highest BCUT2D eigenvalue weighted by atomic mass is 32.1. The van der Waals surface area contributed by atoms with Crippen molar-refractivity contribution in [1.82, 2.24) is 14.4 Å². The first-order valence-corrected chi connectivity index (χ1v) is 9.79. The van der Waals surface area contributed by atoms with Gasteiger partial charge in [0.25, 0.3) is 5.91 Å². The van der Waals surface area contributed by atoms with Crippen LogP contribution in [0.15, 0.2) is 22.9 Å². The van der Waals surface area contributed by atoms with Crippen molar-refractivity contribution in [3.05, 3.63) is 45.4 Å². The molecule has 3 heterocycles. The average Bonchev–Trinajstić information content (AvgIpc) is 3.19. The molecule has 0 aromatic carbocycles. The van der Waals surface area contributed by atoms with Crippen LogP contribution in [0.2, 0.25) is 0 Å². The van der Waals surface area contributed by atoms with Crippen molar-refractivity contribution in [3.8, 4) is 0 Å². The highest BCUT2D eigenvalue weighted by Crippen LogP contribution is 2.38. The predicted octanol–water partition coefficient (Wildman–Crippen LogP) is 3.46. The average molecular weight is 343 g/mol. The molecule has 0 N–H and O–H groups in total. The number of thiophene rings is 1. The summed E-state index contributed by atoms with van der Waals surface area (Å²) in [7, 11) is 0. The van der Waals surface area contributed by atoms with Crippen LogP contribution >= 0.6 is 11.3 Å². The summed E-state index contributed by atoms with van der Waals surface area (Å²) in [6.45, 7) is 8.81. The summed E-state index contributed by atoms with van der Waals surface area (Å²) in [6, 6.07) is 4.91. The van der Waals surface area contributed by atoms with Crippen molar-refractivity contribution in [2.75, 3.05) is 26.2 Å². The maximum atomic E-state index is 12.9. The lowest BCUT2D eigenvalue weighted by molar-refractivity contribution is 0.0628. The van der Waals surface area contributed by atoms with E-state index in [0.717, 1.165) is 44.0 Å². The monoisotopic (exact) mass is 343 g/mol. The van der Waals surface area contributed by atoms with Gasteiger partial charge in [-0.25, -0.2) is 0 Å². The Morgan fingerprint density at radius 2 is 1.96 bits per heavy atom. The van der Waals surface area contributed by atoms with Crippen LogP contribution in [-0.4, -0.2) is 46.5 Å². The Bertz CT molecular complexity index is 722. The molecule has 1 saturated carbocycles. The molecule has 1 aliphatic carbocycles. The zero-order chi connectivity index (χ0) is 16.7. The van der Waals surface area contributed by atoms with Gasteiger partial charge in [0.05, 0.1) is 5.56 Å². The Morgan fingerprint density at radius 1 is 1.21 bits per heavy atom. The minimum atomic E-state index is 0.213. The topological polar surface area (TPSA) is 28.5 Å². The first-order valence-electron chi connectivity index (χ1n) is 8.84. The van der Waals surface area contributed by atoms with Crippen LogP contribution in [0.4, 0.5) is 0 Å².